The molecule has 0 aliphatic rings. The summed E-state index contributed by atoms with van der Waals surface area (Å²) < 4.78 is 25.7. The fourth-order valence-corrected chi connectivity index (χ4v) is 3.33. The van der Waals surface area contributed by atoms with Crippen LogP contribution in [0.15, 0.2) is 76.4 Å². The summed E-state index contributed by atoms with van der Waals surface area (Å²) in [5, 5.41) is 4.04. The van der Waals surface area contributed by atoms with E-state index in [0.29, 0.717) is 9.78 Å². The average molecular weight is 326 g/mol. The zero-order chi connectivity index (χ0) is 16.4. The fourth-order valence-electron chi connectivity index (χ4n) is 2.14. The number of hydrogen-bond donors (Lipinski definition) is 0. The fraction of sp³-hybridized carbons (Fsp3) is 0.0588. The second-order valence-electron chi connectivity index (χ2n) is 5.08. The summed E-state index contributed by atoms with van der Waals surface area (Å²) in [6, 6.07) is 18.0. The molecule has 0 aliphatic carbocycles. The molecule has 0 fully saturated rings. The SMILES string of the molecule is Cc1ccc(-c2ccc(=O)n(S(=O)(=O)c3ccccc3)n2)cc1. The van der Waals surface area contributed by atoms with Crippen LogP contribution in [0.3, 0.4) is 0 Å². The van der Waals surface area contributed by atoms with Gasteiger partial charge in [-0.15, -0.1) is 4.09 Å². The van der Waals surface area contributed by atoms with Crippen LogP contribution in [0.25, 0.3) is 11.3 Å². The van der Waals surface area contributed by atoms with Crippen molar-refractivity contribution < 1.29 is 8.42 Å². The maximum absolute atomic E-state index is 12.6. The summed E-state index contributed by atoms with van der Waals surface area (Å²) >= 11 is 0. The molecule has 0 unspecified atom stereocenters. The summed E-state index contributed by atoms with van der Waals surface area (Å²) in [6.45, 7) is 1.96. The van der Waals surface area contributed by atoms with Crippen molar-refractivity contribution in [3.63, 3.8) is 0 Å². The van der Waals surface area contributed by atoms with Crippen LogP contribution in [0.1, 0.15) is 5.56 Å². The van der Waals surface area contributed by atoms with Gasteiger partial charge in [0.2, 0.25) is 0 Å². The minimum Gasteiger partial charge on any atom is -0.267 e. The molecule has 1 aromatic heterocycles. The Bertz CT molecular complexity index is 992. The maximum Gasteiger partial charge on any atom is 0.286 e. The van der Waals surface area contributed by atoms with Gasteiger partial charge in [0.1, 0.15) is 0 Å². The predicted molar refractivity (Wildman–Crippen MR) is 87.7 cm³/mol. The highest BCUT2D eigenvalue weighted by Crippen LogP contribution is 2.17. The monoisotopic (exact) mass is 326 g/mol. The van der Waals surface area contributed by atoms with Gasteiger partial charge < -0.3 is 0 Å². The number of aryl methyl sites for hydroxylation is 1. The van der Waals surface area contributed by atoms with E-state index in [1.807, 2.05) is 31.2 Å². The molecule has 5 nitrogen and oxygen atoms in total. The van der Waals surface area contributed by atoms with E-state index in [0.717, 1.165) is 11.1 Å². The van der Waals surface area contributed by atoms with Gasteiger partial charge in [-0.3, -0.25) is 4.79 Å². The third kappa shape index (κ3) is 2.93. The smallest absolute Gasteiger partial charge is 0.267 e. The summed E-state index contributed by atoms with van der Waals surface area (Å²) in [4.78, 5) is 12.0. The Hall–Kier alpha value is -2.73. The first-order valence-electron chi connectivity index (χ1n) is 6.96. The Morgan fingerprint density at radius 2 is 1.52 bits per heavy atom. The average Bonchev–Trinajstić information content (AvgIpc) is 2.57. The van der Waals surface area contributed by atoms with Crippen molar-refractivity contribution in [2.45, 2.75) is 11.8 Å². The highest BCUT2D eigenvalue weighted by atomic mass is 32.2. The zero-order valence-electron chi connectivity index (χ0n) is 12.4. The van der Waals surface area contributed by atoms with E-state index in [9.17, 15) is 13.2 Å². The van der Waals surface area contributed by atoms with Crippen LogP contribution in [0.2, 0.25) is 0 Å². The molecular weight excluding hydrogens is 312 g/mol. The lowest BCUT2D eigenvalue weighted by atomic mass is 10.1. The van der Waals surface area contributed by atoms with Crippen LogP contribution in [-0.2, 0) is 10.0 Å². The molecule has 0 bridgehead atoms. The minimum atomic E-state index is -4.02. The summed E-state index contributed by atoms with van der Waals surface area (Å²) in [5.74, 6) is 0. The molecule has 0 aliphatic heterocycles. The molecule has 23 heavy (non-hydrogen) atoms. The van der Waals surface area contributed by atoms with Crippen molar-refractivity contribution in [2.24, 2.45) is 0 Å². The lowest BCUT2D eigenvalue weighted by molar-refractivity contribution is 0.576. The van der Waals surface area contributed by atoms with E-state index in [1.165, 1.54) is 24.3 Å². The number of hydrogen-bond acceptors (Lipinski definition) is 4. The standard InChI is InChI=1S/C17H14N2O3S/c1-13-7-9-14(10-8-13)16-11-12-17(20)19(18-16)23(21,22)15-5-3-2-4-6-15/h2-12H,1H3. The first-order chi connectivity index (χ1) is 11.0. The lowest BCUT2D eigenvalue weighted by Gasteiger charge is -2.08. The molecule has 0 amide bonds. The van der Waals surface area contributed by atoms with Gasteiger partial charge in [0, 0.05) is 11.6 Å². The van der Waals surface area contributed by atoms with Crippen molar-refractivity contribution in [2.75, 3.05) is 0 Å². The van der Waals surface area contributed by atoms with Crippen LogP contribution < -0.4 is 5.56 Å². The van der Waals surface area contributed by atoms with Crippen molar-refractivity contribution in [1.82, 2.24) is 9.19 Å². The van der Waals surface area contributed by atoms with Crippen LogP contribution in [0.5, 0.6) is 0 Å². The van der Waals surface area contributed by atoms with Crippen molar-refractivity contribution >= 4 is 10.0 Å². The molecule has 116 valence electrons. The van der Waals surface area contributed by atoms with Gasteiger partial charge in [0.15, 0.2) is 0 Å². The molecule has 0 saturated carbocycles. The summed E-state index contributed by atoms with van der Waals surface area (Å²) in [6.07, 6.45) is 0. The zero-order valence-corrected chi connectivity index (χ0v) is 13.2. The molecule has 3 rings (SSSR count). The van der Waals surface area contributed by atoms with E-state index in [1.54, 1.807) is 18.2 Å². The molecule has 0 atom stereocenters. The quantitative estimate of drug-likeness (QED) is 0.741. The van der Waals surface area contributed by atoms with Crippen LogP contribution >= 0.6 is 0 Å². The van der Waals surface area contributed by atoms with Crippen molar-refractivity contribution in [3.8, 4) is 11.3 Å². The van der Waals surface area contributed by atoms with Gasteiger partial charge in [-0.1, -0.05) is 48.0 Å². The maximum atomic E-state index is 12.6. The van der Waals surface area contributed by atoms with E-state index in [2.05, 4.69) is 5.10 Å². The van der Waals surface area contributed by atoms with E-state index in [4.69, 9.17) is 0 Å². The molecule has 3 aromatic rings. The highest BCUT2D eigenvalue weighted by molar-refractivity contribution is 7.89. The number of aromatic nitrogens is 2. The van der Waals surface area contributed by atoms with Crippen LogP contribution in [0, 0.1) is 6.92 Å². The Morgan fingerprint density at radius 1 is 0.870 bits per heavy atom. The topological polar surface area (TPSA) is 69.0 Å². The molecule has 0 radical (unpaired) electrons. The van der Waals surface area contributed by atoms with Gasteiger partial charge >= 0.3 is 0 Å². The highest BCUT2D eigenvalue weighted by Gasteiger charge is 2.20. The van der Waals surface area contributed by atoms with Crippen molar-refractivity contribution in [3.05, 3.63) is 82.6 Å². The Labute approximate surface area is 133 Å². The van der Waals surface area contributed by atoms with Gasteiger partial charge in [0.05, 0.1) is 10.6 Å². The predicted octanol–water partition coefficient (Wildman–Crippen LogP) is 2.46. The Kier molecular flexibility index (Phi) is 3.83. The molecule has 2 aromatic carbocycles. The lowest BCUT2D eigenvalue weighted by Crippen LogP contribution is -2.29. The second kappa shape index (κ2) is 5.81. The number of benzene rings is 2. The van der Waals surface area contributed by atoms with Crippen molar-refractivity contribution in [1.29, 1.82) is 0 Å². The molecule has 1 heterocycles. The Balaban J connectivity index is 2.16. The van der Waals surface area contributed by atoms with Crippen LogP contribution in [0.4, 0.5) is 0 Å². The van der Waals surface area contributed by atoms with E-state index < -0.39 is 15.6 Å². The van der Waals surface area contributed by atoms with Gasteiger partial charge in [0.25, 0.3) is 15.6 Å². The summed E-state index contributed by atoms with van der Waals surface area (Å²) in [7, 11) is -4.02. The first kappa shape index (κ1) is 15.2. The van der Waals surface area contributed by atoms with Crippen LogP contribution in [-0.4, -0.2) is 17.6 Å². The normalized spacial score (nSPS) is 11.3. The molecule has 0 N–H and O–H groups in total. The van der Waals surface area contributed by atoms with E-state index >= 15 is 0 Å². The molecule has 0 saturated heterocycles. The number of rotatable bonds is 3. The molecular formula is C17H14N2O3S. The molecule has 0 spiro atoms. The first-order valence-corrected chi connectivity index (χ1v) is 8.40. The van der Waals surface area contributed by atoms with Gasteiger partial charge in [-0.25, -0.2) is 0 Å². The second-order valence-corrected chi connectivity index (χ2v) is 6.85. The summed E-state index contributed by atoms with van der Waals surface area (Å²) in [5.41, 5.74) is 1.56. The third-order valence-electron chi connectivity index (χ3n) is 3.39. The molecule has 6 heteroatoms. The largest absolute Gasteiger partial charge is 0.286 e. The van der Waals surface area contributed by atoms with Gasteiger partial charge in [-0.2, -0.15) is 13.5 Å². The van der Waals surface area contributed by atoms with Gasteiger partial charge in [-0.05, 0) is 25.1 Å². The van der Waals surface area contributed by atoms with E-state index in [-0.39, 0.29) is 4.90 Å². The minimum absolute atomic E-state index is 0.0238. The third-order valence-corrected chi connectivity index (χ3v) is 4.97. The number of nitrogens with zero attached hydrogens (tertiary/aromatic N) is 2. The Morgan fingerprint density at radius 3 is 2.17 bits per heavy atom.